The van der Waals surface area contributed by atoms with Crippen molar-refractivity contribution in [2.45, 2.75) is 25.9 Å². The van der Waals surface area contributed by atoms with Crippen molar-refractivity contribution in [3.63, 3.8) is 0 Å². The molecule has 20 heavy (non-hydrogen) atoms. The average Bonchev–Trinajstić information content (AvgIpc) is 2.36. The molecule has 1 amide bonds. The van der Waals surface area contributed by atoms with E-state index in [9.17, 15) is 13.6 Å². The average molecular weight is 417 g/mol. The Morgan fingerprint density at radius 3 is 2.60 bits per heavy atom. The smallest absolute Gasteiger partial charge is 0.255 e. The van der Waals surface area contributed by atoms with Crippen LogP contribution >= 0.6 is 35.0 Å². The molecule has 3 nitrogen and oxygen atoms in total. The van der Waals surface area contributed by atoms with E-state index in [4.69, 9.17) is 0 Å². The summed E-state index contributed by atoms with van der Waals surface area (Å²) in [5, 5.41) is 3.27. The minimum Gasteiger partial charge on any atom is -0.333 e. The van der Waals surface area contributed by atoms with Crippen LogP contribution < -0.4 is 5.32 Å². The number of nitrogens with zero attached hydrogens (tertiary/aromatic N) is 1. The number of hydrogen-bond acceptors (Lipinski definition) is 2. The summed E-state index contributed by atoms with van der Waals surface area (Å²) in [6.07, 6.45) is 0. The lowest BCUT2D eigenvalue weighted by molar-refractivity contribution is 0.0601. The van der Waals surface area contributed by atoms with E-state index in [-0.39, 0.29) is 36.0 Å². The highest BCUT2D eigenvalue weighted by Gasteiger charge is 2.30. The monoisotopic (exact) mass is 416 g/mol. The van der Waals surface area contributed by atoms with E-state index >= 15 is 0 Å². The molecule has 0 aliphatic carbocycles. The van der Waals surface area contributed by atoms with E-state index in [1.54, 1.807) is 4.90 Å². The summed E-state index contributed by atoms with van der Waals surface area (Å²) in [5.41, 5.74) is 0.223. The maximum Gasteiger partial charge on any atom is 0.255 e. The Kier molecular flexibility index (Phi) is 6.15. The Bertz CT molecular complexity index is 515. The first-order valence-electron chi connectivity index (χ1n) is 6.10. The van der Waals surface area contributed by atoms with Crippen molar-refractivity contribution in [3.8, 4) is 0 Å². The normalized spacial score (nSPS) is 22.4. The van der Waals surface area contributed by atoms with Gasteiger partial charge in [0.25, 0.3) is 5.91 Å². The van der Waals surface area contributed by atoms with Crippen molar-refractivity contribution in [2.75, 3.05) is 13.1 Å². The van der Waals surface area contributed by atoms with Crippen LogP contribution in [-0.2, 0) is 0 Å². The fourth-order valence-corrected chi connectivity index (χ4v) is 2.84. The standard InChI is InChI=1S/C13H15F2IN2O.ClH/c1-7-8(2)18(4-3-17-7)13(19)9-5-10(14)11(15)6-12(9)16;/h5-8,17H,3-4H2,1-2H3;1H. The Morgan fingerprint density at radius 2 is 1.95 bits per heavy atom. The molecule has 112 valence electrons. The zero-order valence-electron chi connectivity index (χ0n) is 11.1. The molecule has 1 heterocycles. The Labute approximate surface area is 136 Å². The molecule has 2 rings (SSSR count). The number of carbonyl (C=O) groups is 1. The van der Waals surface area contributed by atoms with Crippen LogP contribution in [0.3, 0.4) is 0 Å². The van der Waals surface area contributed by atoms with E-state index in [2.05, 4.69) is 5.32 Å². The van der Waals surface area contributed by atoms with Gasteiger partial charge in [0.2, 0.25) is 0 Å². The molecule has 1 aliphatic heterocycles. The summed E-state index contributed by atoms with van der Waals surface area (Å²) in [5.74, 6) is -2.16. The van der Waals surface area contributed by atoms with E-state index in [1.807, 2.05) is 36.4 Å². The molecule has 0 aromatic heterocycles. The highest BCUT2D eigenvalue weighted by Crippen LogP contribution is 2.21. The third kappa shape index (κ3) is 3.40. The topological polar surface area (TPSA) is 32.3 Å². The van der Waals surface area contributed by atoms with Gasteiger partial charge in [0, 0.05) is 28.7 Å². The lowest BCUT2D eigenvalue weighted by Crippen LogP contribution is -2.57. The number of halogens is 4. The van der Waals surface area contributed by atoms with E-state index in [0.29, 0.717) is 16.7 Å². The molecule has 1 N–H and O–H groups in total. The zero-order chi connectivity index (χ0) is 14.2. The van der Waals surface area contributed by atoms with Crippen LogP contribution in [0.1, 0.15) is 24.2 Å². The van der Waals surface area contributed by atoms with Crippen LogP contribution in [0.25, 0.3) is 0 Å². The number of rotatable bonds is 1. The summed E-state index contributed by atoms with van der Waals surface area (Å²) in [7, 11) is 0. The molecule has 0 spiro atoms. The maximum atomic E-state index is 13.3. The van der Waals surface area contributed by atoms with Gasteiger partial charge in [0.15, 0.2) is 11.6 Å². The van der Waals surface area contributed by atoms with Gasteiger partial charge < -0.3 is 10.2 Å². The van der Waals surface area contributed by atoms with Gasteiger partial charge >= 0.3 is 0 Å². The molecule has 0 saturated carbocycles. The SMILES string of the molecule is CC1NCCN(C(=O)c2cc(F)c(F)cc2I)C1C.Cl. The first-order valence-corrected chi connectivity index (χ1v) is 7.18. The van der Waals surface area contributed by atoms with Crippen LogP contribution in [0.2, 0.25) is 0 Å². The Morgan fingerprint density at radius 1 is 1.35 bits per heavy atom. The molecule has 1 saturated heterocycles. The third-order valence-corrected chi connectivity index (χ3v) is 4.43. The van der Waals surface area contributed by atoms with Crippen molar-refractivity contribution >= 4 is 40.9 Å². The molecule has 1 aromatic carbocycles. The highest BCUT2D eigenvalue weighted by molar-refractivity contribution is 14.1. The van der Waals surface area contributed by atoms with Gasteiger partial charge in [-0.05, 0) is 48.6 Å². The van der Waals surface area contributed by atoms with Crippen LogP contribution in [0.4, 0.5) is 8.78 Å². The maximum absolute atomic E-state index is 13.3. The fourth-order valence-electron chi connectivity index (χ4n) is 2.18. The molecule has 1 aliphatic rings. The van der Waals surface area contributed by atoms with Crippen molar-refractivity contribution in [2.24, 2.45) is 0 Å². The molecule has 0 radical (unpaired) electrons. The minimum absolute atomic E-state index is 0. The lowest BCUT2D eigenvalue weighted by Gasteiger charge is -2.38. The van der Waals surface area contributed by atoms with E-state index in [1.165, 1.54) is 0 Å². The van der Waals surface area contributed by atoms with E-state index < -0.39 is 11.6 Å². The predicted molar refractivity (Wildman–Crippen MR) is 84.3 cm³/mol. The molecule has 2 atom stereocenters. The first-order chi connectivity index (χ1) is 8.91. The molecule has 7 heteroatoms. The van der Waals surface area contributed by atoms with Crippen molar-refractivity contribution in [1.29, 1.82) is 0 Å². The molecule has 2 unspecified atom stereocenters. The van der Waals surface area contributed by atoms with Crippen molar-refractivity contribution < 1.29 is 13.6 Å². The summed E-state index contributed by atoms with van der Waals surface area (Å²) in [6, 6.07) is 2.24. The second-order valence-electron chi connectivity index (χ2n) is 4.73. The van der Waals surface area contributed by atoms with Gasteiger partial charge in [-0.25, -0.2) is 8.78 Å². The third-order valence-electron chi connectivity index (χ3n) is 3.54. The number of hydrogen-bond donors (Lipinski definition) is 1. The summed E-state index contributed by atoms with van der Waals surface area (Å²) < 4.78 is 26.8. The van der Waals surface area contributed by atoms with Crippen LogP contribution in [-0.4, -0.2) is 36.0 Å². The predicted octanol–water partition coefficient (Wildman–Crippen LogP) is 2.81. The van der Waals surface area contributed by atoms with Gasteiger partial charge in [-0.15, -0.1) is 12.4 Å². The first kappa shape index (κ1) is 17.6. The number of carbonyl (C=O) groups excluding carboxylic acids is 1. The number of amides is 1. The van der Waals surface area contributed by atoms with Crippen LogP contribution in [0.15, 0.2) is 12.1 Å². The number of nitrogens with one attached hydrogen (secondary N) is 1. The Hall–Kier alpha value is -0.470. The minimum atomic E-state index is -0.986. The summed E-state index contributed by atoms with van der Waals surface area (Å²) >= 11 is 1.86. The van der Waals surface area contributed by atoms with Gasteiger partial charge in [0.1, 0.15) is 0 Å². The van der Waals surface area contributed by atoms with Gasteiger partial charge in [-0.2, -0.15) is 0 Å². The number of piperazine rings is 1. The Balaban J connectivity index is 0.00000200. The molecular formula is C13H16ClF2IN2O. The molecular weight excluding hydrogens is 401 g/mol. The van der Waals surface area contributed by atoms with Gasteiger partial charge in [-0.3, -0.25) is 4.79 Å². The zero-order valence-corrected chi connectivity index (χ0v) is 14.1. The molecule has 0 bridgehead atoms. The molecule has 1 aromatic rings. The molecule has 1 fully saturated rings. The summed E-state index contributed by atoms with van der Waals surface area (Å²) in [4.78, 5) is 14.1. The quantitative estimate of drug-likeness (QED) is 0.564. The highest BCUT2D eigenvalue weighted by atomic mass is 127. The van der Waals surface area contributed by atoms with E-state index in [0.717, 1.165) is 12.1 Å². The second-order valence-corrected chi connectivity index (χ2v) is 5.89. The second kappa shape index (κ2) is 7.00. The fraction of sp³-hybridized carbons (Fsp3) is 0.462. The summed E-state index contributed by atoms with van der Waals surface area (Å²) in [6.45, 7) is 5.22. The van der Waals surface area contributed by atoms with Crippen molar-refractivity contribution in [3.05, 3.63) is 32.9 Å². The van der Waals surface area contributed by atoms with Crippen molar-refractivity contribution in [1.82, 2.24) is 10.2 Å². The van der Waals surface area contributed by atoms with Crippen LogP contribution in [0, 0.1) is 15.2 Å². The van der Waals surface area contributed by atoms with Crippen LogP contribution in [0.5, 0.6) is 0 Å². The van der Waals surface area contributed by atoms with Gasteiger partial charge in [-0.1, -0.05) is 0 Å². The number of benzene rings is 1. The van der Waals surface area contributed by atoms with Gasteiger partial charge in [0.05, 0.1) is 5.56 Å². The lowest BCUT2D eigenvalue weighted by atomic mass is 10.1. The largest absolute Gasteiger partial charge is 0.333 e.